The van der Waals surface area contributed by atoms with Crippen LogP contribution in [0.15, 0.2) is 71.0 Å². The molecule has 1 aromatic heterocycles. The summed E-state index contributed by atoms with van der Waals surface area (Å²) in [4.78, 5) is 24.4. The zero-order chi connectivity index (χ0) is 20.1. The zero-order valence-corrected chi connectivity index (χ0v) is 15.9. The Morgan fingerprint density at radius 3 is 2.64 bits per heavy atom. The van der Waals surface area contributed by atoms with E-state index in [0.717, 1.165) is 5.56 Å². The summed E-state index contributed by atoms with van der Waals surface area (Å²) >= 11 is 5.21. The van der Waals surface area contributed by atoms with Gasteiger partial charge in [-0.15, -0.1) is 0 Å². The van der Waals surface area contributed by atoms with Crippen LogP contribution in [0, 0.1) is 0 Å². The van der Waals surface area contributed by atoms with Crippen molar-refractivity contribution in [2.24, 2.45) is 0 Å². The minimum atomic E-state index is -0.594. The van der Waals surface area contributed by atoms with Gasteiger partial charge in [-0.2, -0.15) is 0 Å². The van der Waals surface area contributed by atoms with Crippen molar-refractivity contribution in [3.8, 4) is 5.75 Å². The molecule has 7 nitrogen and oxygen atoms in total. The second-order valence-corrected chi connectivity index (χ2v) is 6.30. The molecule has 0 fully saturated rings. The standard InChI is InChI=1S/C20H18N2O5S/c1-3-10-26-19(24)16-12(2)21-20(28)22-17(16)13-6-8-14(9-7-13)27-18(23)15-5-4-11-25-15/h3-9,11,17H,1,10H2,2H3,(H2,21,22,28). The Labute approximate surface area is 167 Å². The molecule has 2 heterocycles. The number of benzene rings is 1. The van der Waals surface area contributed by atoms with Crippen LogP contribution in [-0.4, -0.2) is 23.7 Å². The van der Waals surface area contributed by atoms with Crippen molar-refractivity contribution >= 4 is 29.3 Å². The summed E-state index contributed by atoms with van der Waals surface area (Å²) in [6.45, 7) is 5.40. The van der Waals surface area contributed by atoms with E-state index in [4.69, 9.17) is 26.1 Å². The number of carbonyl (C=O) groups is 2. The Hall–Kier alpha value is -3.39. The lowest BCUT2D eigenvalue weighted by molar-refractivity contribution is -0.138. The van der Waals surface area contributed by atoms with E-state index in [1.54, 1.807) is 37.3 Å². The topological polar surface area (TPSA) is 89.8 Å². The number of ether oxygens (including phenoxy) is 2. The van der Waals surface area contributed by atoms with Gasteiger partial charge in [-0.3, -0.25) is 0 Å². The summed E-state index contributed by atoms with van der Waals surface area (Å²) in [5, 5.41) is 6.40. The molecule has 1 atom stereocenters. The highest BCUT2D eigenvalue weighted by Crippen LogP contribution is 2.29. The molecule has 0 radical (unpaired) electrons. The number of nitrogens with one attached hydrogen (secondary N) is 2. The van der Waals surface area contributed by atoms with Crippen molar-refractivity contribution in [1.82, 2.24) is 10.6 Å². The summed E-state index contributed by atoms with van der Waals surface area (Å²) in [5.74, 6) is -0.611. The van der Waals surface area contributed by atoms with Gasteiger partial charge in [-0.1, -0.05) is 24.8 Å². The maximum atomic E-state index is 12.5. The van der Waals surface area contributed by atoms with Crippen molar-refractivity contribution < 1.29 is 23.5 Å². The van der Waals surface area contributed by atoms with Crippen LogP contribution in [0.4, 0.5) is 0 Å². The quantitative estimate of drug-likeness (QED) is 0.332. The van der Waals surface area contributed by atoms with Crippen molar-refractivity contribution in [3.63, 3.8) is 0 Å². The smallest absolute Gasteiger partial charge is 0.379 e. The summed E-state index contributed by atoms with van der Waals surface area (Å²) in [6, 6.07) is 9.36. The fraction of sp³-hybridized carbons (Fsp3) is 0.150. The van der Waals surface area contributed by atoms with Gasteiger partial charge in [0.1, 0.15) is 12.4 Å². The molecule has 0 bridgehead atoms. The minimum absolute atomic E-state index is 0.106. The van der Waals surface area contributed by atoms with Gasteiger partial charge in [-0.05, 0) is 49.0 Å². The van der Waals surface area contributed by atoms with Crippen molar-refractivity contribution in [1.29, 1.82) is 0 Å². The van der Waals surface area contributed by atoms with Crippen LogP contribution < -0.4 is 15.4 Å². The minimum Gasteiger partial charge on any atom is -0.458 e. The molecule has 3 rings (SSSR count). The molecule has 144 valence electrons. The average Bonchev–Trinajstić information content (AvgIpc) is 3.21. The number of rotatable bonds is 6. The van der Waals surface area contributed by atoms with E-state index in [1.165, 1.54) is 18.4 Å². The number of hydrogen-bond acceptors (Lipinski definition) is 6. The summed E-state index contributed by atoms with van der Waals surface area (Å²) in [5.41, 5.74) is 1.78. The fourth-order valence-corrected chi connectivity index (χ4v) is 2.98. The van der Waals surface area contributed by atoms with Crippen LogP contribution in [0.3, 0.4) is 0 Å². The summed E-state index contributed by atoms with van der Waals surface area (Å²) < 4.78 is 15.5. The highest BCUT2D eigenvalue weighted by Gasteiger charge is 2.30. The second-order valence-electron chi connectivity index (χ2n) is 5.89. The van der Waals surface area contributed by atoms with Crippen molar-refractivity contribution in [2.45, 2.75) is 13.0 Å². The molecule has 1 aliphatic heterocycles. The third kappa shape index (κ3) is 4.29. The van der Waals surface area contributed by atoms with Gasteiger partial charge < -0.3 is 24.5 Å². The Morgan fingerprint density at radius 1 is 1.25 bits per heavy atom. The van der Waals surface area contributed by atoms with E-state index in [1.807, 2.05) is 0 Å². The monoisotopic (exact) mass is 398 g/mol. The van der Waals surface area contributed by atoms with Crippen LogP contribution in [0.2, 0.25) is 0 Å². The van der Waals surface area contributed by atoms with Crippen molar-refractivity contribution in [3.05, 3.63) is 77.9 Å². The van der Waals surface area contributed by atoms with Gasteiger partial charge in [0.05, 0.1) is 17.9 Å². The molecule has 0 spiro atoms. The number of thiocarbonyl (C=S) groups is 1. The number of allylic oxidation sites excluding steroid dienone is 1. The number of hydrogen-bond donors (Lipinski definition) is 2. The fourth-order valence-electron chi connectivity index (χ4n) is 2.71. The van der Waals surface area contributed by atoms with Crippen LogP contribution in [0.1, 0.15) is 29.1 Å². The molecule has 1 unspecified atom stereocenters. The predicted octanol–water partition coefficient (Wildman–Crippen LogP) is 3.02. The molecule has 0 aliphatic carbocycles. The first-order chi connectivity index (χ1) is 13.5. The van der Waals surface area contributed by atoms with Gasteiger partial charge in [0, 0.05) is 5.70 Å². The Bertz CT molecular complexity index is 932. The third-order valence-corrected chi connectivity index (χ3v) is 4.19. The van der Waals surface area contributed by atoms with E-state index in [-0.39, 0.29) is 12.4 Å². The molecule has 1 aromatic carbocycles. The average molecular weight is 398 g/mol. The van der Waals surface area contributed by atoms with E-state index < -0.39 is 18.0 Å². The lowest BCUT2D eigenvalue weighted by Crippen LogP contribution is -2.45. The van der Waals surface area contributed by atoms with Gasteiger partial charge >= 0.3 is 11.9 Å². The highest BCUT2D eigenvalue weighted by molar-refractivity contribution is 7.80. The molecule has 0 amide bonds. The van der Waals surface area contributed by atoms with E-state index in [9.17, 15) is 9.59 Å². The van der Waals surface area contributed by atoms with E-state index >= 15 is 0 Å². The lowest BCUT2D eigenvalue weighted by Gasteiger charge is -2.29. The van der Waals surface area contributed by atoms with Gasteiger partial charge in [0.25, 0.3) is 0 Å². The summed E-state index contributed by atoms with van der Waals surface area (Å²) in [7, 11) is 0. The molecule has 28 heavy (non-hydrogen) atoms. The first-order valence-electron chi connectivity index (χ1n) is 8.41. The maximum absolute atomic E-state index is 12.5. The number of esters is 2. The second kappa shape index (κ2) is 8.53. The Morgan fingerprint density at radius 2 is 2.00 bits per heavy atom. The van der Waals surface area contributed by atoms with Crippen molar-refractivity contribution in [2.75, 3.05) is 6.61 Å². The predicted molar refractivity (Wildman–Crippen MR) is 106 cm³/mol. The van der Waals surface area contributed by atoms with Gasteiger partial charge in [0.15, 0.2) is 5.11 Å². The number of furan rings is 1. The first-order valence-corrected chi connectivity index (χ1v) is 8.82. The molecular weight excluding hydrogens is 380 g/mol. The molecular formula is C20H18N2O5S. The van der Waals surface area contributed by atoms with Crippen LogP contribution in [-0.2, 0) is 9.53 Å². The van der Waals surface area contributed by atoms with Gasteiger partial charge in [-0.25, -0.2) is 9.59 Å². The normalized spacial score (nSPS) is 16.0. The summed E-state index contributed by atoms with van der Waals surface area (Å²) in [6.07, 6.45) is 2.90. The lowest BCUT2D eigenvalue weighted by atomic mass is 9.95. The molecule has 2 N–H and O–H groups in total. The first kappa shape index (κ1) is 19.4. The zero-order valence-electron chi connectivity index (χ0n) is 15.1. The molecule has 0 saturated carbocycles. The van der Waals surface area contributed by atoms with E-state index in [0.29, 0.717) is 22.1 Å². The van der Waals surface area contributed by atoms with Crippen LogP contribution in [0.5, 0.6) is 5.75 Å². The SMILES string of the molecule is C=CCOC(=O)C1=C(C)NC(=S)NC1c1ccc(OC(=O)c2ccco2)cc1. The van der Waals surface area contributed by atoms with E-state index in [2.05, 4.69) is 17.2 Å². The molecule has 0 saturated heterocycles. The largest absolute Gasteiger partial charge is 0.458 e. The van der Waals surface area contributed by atoms with Crippen LogP contribution in [0.25, 0.3) is 0 Å². The molecule has 1 aliphatic rings. The van der Waals surface area contributed by atoms with Crippen LogP contribution >= 0.6 is 12.2 Å². The molecule has 2 aromatic rings. The number of carbonyl (C=O) groups excluding carboxylic acids is 2. The third-order valence-electron chi connectivity index (χ3n) is 3.97. The Balaban J connectivity index is 1.81. The Kier molecular flexibility index (Phi) is 5.90. The molecule has 8 heteroatoms. The van der Waals surface area contributed by atoms with Gasteiger partial charge in [0.2, 0.25) is 5.76 Å². The maximum Gasteiger partial charge on any atom is 0.379 e. The highest BCUT2D eigenvalue weighted by atomic mass is 32.1.